The summed E-state index contributed by atoms with van der Waals surface area (Å²) >= 11 is 0. The van der Waals surface area contributed by atoms with E-state index >= 15 is 0 Å². The van der Waals surface area contributed by atoms with E-state index in [0.717, 1.165) is 24.3 Å². The smallest absolute Gasteiger partial charge is 0.464 e. The first-order valence-electron chi connectivity index (χ1n) is 8.57. The Hall–Kier alpha value is -2.53. The number of furan rings is 1. The molecule has 1 heterocycles. The molecule has 7 nitrogen and oxygen atoms in total. The van der Waals surface area contributed by atoms with Gasteiger partial charge in [-0.15, -0.1) is 13.2 Å². The maximum Gasteiger partial charge on any atom is 0.573 e. The van der Waals surface area contributed by atoms with Crippen LogP contribution in [0.4, 0.5) is 13.2 Å². The molecule has 0 aliphatic rings. The molecule has 0 saturated heterocycles. The number of sulfonamides is 1. The monoisotopic (exact) mass is 434 g/mol. The van der Waals surface area contributed by atoms with Gasteiger partial charge in [0.1, 0.15) is 17.3 Å². The minimum Gasteiger partial charge on any atom is -0.464 e. The quantitative estimate of drug-likeness (QED) is 0.689. The summed E-state index contributed by atoms with van der Waals surface area (Å²) < 4.78 is 72.5. The van der Waals surface area contributed by atoms with Gasteiger partial charge in [0, 0.05) is 6.04 Å². The van der Waals surface area contributed by atoms with Crippen molar-refractivity contribution < 1.29 is 35.5 Å². The van der Waals surface area contributed by atoms with Crippen LogP contribution in [0.15, 0.2) is 45.7 Å². The molecule has 0 saturated carbocycles. The van der Waals surface area contributed by atoms with Gasteiger partial charge in [-0.2, -0.15) is 0 Å². The van der Waals surface area contributed by atoms with Crippen LogP contribution in [-0.2, 0) is 21.4 Å². The summed E-state index contributed by atoms with van der Waals surface area (Å²) in [7, 11) is -4.10. The Morgan fingerprint density at radius 3 is 2.28 bits per heavy atom. The lowest BCUT2D eigenvalue weighted by Gasteiger charge is -2.26. The Bertz CT molecular complexity index is 937. The number of carbonyl (C=O) groups is 1. The van der Waals surface area contributed by atoms with Gasteiger partial charge in [0.05, 0.1) is 18.0 Å². The number of hydrogen-bond donors (Lipinski definition) is 1. The highest BCUT2D eigenvalue weighted by Crippen LogP contribution is 2.23. The van der Waals surface area contributed by atoms with E-state index in [1.165, 1.54) is 4.90 Å². The van der Waals surface area contributed by atoms with Crippen LogP contribution in [0.5, 0.6) is 5.75 Å². The van der Waals surface area contributed by atoms with Crippen LogP contribution < -0.4 is 9.46 Å². The summed E-state index contributed by atoms with van der Waals surface area (Å²) in [5.74, 6) is 0.226. The predicted octanol–water partition coefficient (Wildman–Crippen LogP) is 3.20. The summed E-state index contributed by atoms with van der Waals surface area (Å²) in [5.41, 5.74) is 0. The van der Waals surface area contributed by atoms with E-state index in [4.69, 9.17) is 4.42 Å². The maximum atomic E-state index is 12.5. The van der Waals surface area contributed by atoms with E-state index in [1.54, 1.807) is 32.9 Å². The van der Waals surface area contributed by atoms with Crippen molar-refractivity contribution >= 4 is 15.9 Å². The molecule has 29 heavy (non-hydrogen) atoms. The molecule has 2 rings (SSSR count). The van der Waals surface area contributed by atoms with Gasteiger partial charge >= 0.3 is 6.36 Å². The number of ether oxygens (including phenoxy) is 1. The van der Waals surface area contributed by atoms with Crippen molar-refractivity contribution in [2.75, 3.05) is 6.54 Å². The maximum absolute atomic E-state index is 12.5. The van der Waals surface area contributed by atoms with Gasteiger partial charge in [-0.3, -0.25) is 4.79 Å². The molecule has 160 valence electrons. The Morgan fingerprint density at radius 1 is 1.17 bits per heavy atom. The zero-order chi connectivity index (χ0) is 21.8. The topological polar surface area (TPSA) is 88.9 Å². The van der Waals surface area contributed by atoms with Gasteiger partial charge < -0.3 is 14.1 Å². The molecule has 2 aromatic rings. The number of hydrogen-bond acceptors (Lipinski definition) is 5. The fraction of sp³-hybridized carbons (Fsp3) is 0.389. The number of benzene rings is 1. The van der Waals surface area contributed by atoms with E-state index in [9.17, 15) is 26.4 Å². The minimum atomic E-state index is -4.88. The third-order valence-corrected chi connectivity index (χ3v) is 5.26. The molecular formula is C18H21F3N2O5S. The summed E-state index contributed by atoms with van der Waals surface area (Å²) in [6.45, 7) is 4.99. The minimum absolute atomic E-state index is 0.176. The number of nitrogens with zero attached hydrogens (tertiary/aromatic N) is 1. The van der Waals surface area contributed by atoms with E-state index in [-0.39, 0.29) is 17.5 Å². The standard InChI is InChI=1S/C18H21F3N2O5S/c1-12(2)23(11-15-5-4-13(3)27-15)17(24)10-22-29(25,26)16-8-6-14(7-9-16)28-18(19,20)21/h4-9,12,22H,10-11H2,1-3H3. The highest BCUT2D eigenvalue weighted by atomic mass is 32.2. The largest absolute Gasteiger partial charge is 0.573 e. The number of halogens is 3. The number of rotatable bonds is 8. The summed E-state index contributed by atoms with van der Waals surface area (Å²) in [4.78, 5) is 13.6. The second-order valence-electron chi connectivity index (χ2n) is 6.47. The van der Waals surface area contributed by atoms with Crippen molar-refractivity contribution in [2.45, 2.75) is 44.6 Å². The highest BCUT2D eigenvalue weighted by molar-refractivity contribution is 7.89. The lowest BCUT2D eigenvalue weighted by atomic mass is 10.3. The molecule has 0 fully saturated rings. The molecule has 0 aliphatic heterocycles. The number of amides is 1. The lowest BCUT2D eigenvalue weighted by molar-refractivity contribution is -0.274. The highest BCUT2D eigenvalue weighted by Gasteiger charge is 2.31. The van der Waals surface area contributed by atoms with Crippen LogP contribution in [0.1, 0.15) is 25.4 Å². The van der Waals surface area contributed by atoms with E-state index < -0.39 is 34.6 Å². The van der Waals surface area contributed by atoms with Crippen molar-refractivity contribution in [3.05, 3.63) is 47.9 Å². The predicted molar refractivity (Wildman–Crippen MR) is 97.4 cm³/mol. The molecule has 11 heteroatoms. The fourth-order valence-electron chi connectivity index (χ4n) is 2.46. The van der Waals surface area contributed by atoms with Crippen LogP contribution in [0.25, 0.3) is 0 Å². The summed E-state index contributed by atoms with van der Waals surface area (Å²) in [6.07, 6.45) is -4.88. The van der Waals surface area contributed by atoms with Gasteiger partial charge in [-0.25, -0.2) is 13.1 Å². The zero-order valence-electron chi connectivity index (χ0n) is 16.0. The molecule has 1 amide bonds. The number of aryl methyl sites for hydroxylation is 1. The number of nitrogens with one attached hydrogen (secondary N) is 1. The van der Waals surface area contributed by atoms with Crippen molar-refractivity contribution in [1.82, 2.24) is 9.62 Å². The van der Waals surface area contributed by atoms with Gasteiger partial charge in [-0.05, 0) is 57.2 Å². The second-order valence-corrected chi connectivity index (χ2v) is 8.24. The van der Waals surface area contributed by atoms with Crippen LogP contribution in [0.3, 0.4) is 0 Å². The Kier molecular flexibility index (Phi) is 6.96. The van der Waals surface area contributed by atoms with Gasteiger partial charge in [0.2, 0.25) is 15.9 Å². The third kappa shape index (κ3) is 6.79. The van der Waals surface area contributed by atoms with Crippen LogP contribution in [0.2, 0.25) is 0 Å². The van der Waals surface area contributed by atoms with Gasteiger partial charge in [0.15, 0.2) is 0 Å². The summed E-state index contributed by atoms with van der Waals surface area (Å²) in [5, 5.41) is 0. The van der Waals surface area contributed by atoms with Gasteiger partial charge in [0.25, 0.3) is 0 Å². The molecule has 0 atom stereocenters. The average Bonchev–Trinajstić information content (AvgIpc) is 3.01. The Balaban J connectivity index is 2.02. The van der Waals surface area contributed by atoms with E-state index in [2.05, 4.69) is 9.46 Å². The average molecular weight is 434 g/mol. The van der Waals surface area contributed by atoms with Crippen molar-refractivity contribution in [3.63, 3.8) is 0 Å². The molecule has 0 aliphatic carbocycles. The second kappa shape index (κ2) is 8.87. The van der Waals surface area contributed by atoms with E-state index in [1.807, 2.05) is 0 Å². The van der Waals surface area contributed by atoms with Gasteiger partial charge in [-0.1, -0.05) is 0 Å². The molecular weight excluding hydrogens is 413 g/mol. The SMILES string of the molecule is Cc1ccc(CN(C(=O)CNS(=O)(=O)c2ccc(OC(F)(F)F)cc2)C(C)C)o1. The van der Waals surface area contributed by atoms with Crippen LogP contribution in [-0.4, -0.2) is 38.2 Å². The van der Waals surface area contributed by atoms with E-state index in [0.29, 0.717) is 11.5 Å². The number of alkyl halides is 3. The summed E-state index contributed by atoms with van der Waals surface area (Å²) in [6, 6.07) is 6.95. The molecule has 1 aromatic heterocycles. The van der Waals surface area contributed by atoms with Crippen molar-refractivity contribution in [1.29, 1.82) is 0 Å². The zero-order valence-corrected chi connectivity index (χ0v) is 16.8. The first-order valence-corrected chi connectivity index (χ1v) is 10.1. The molecule has 0 unspecified atom stereocenters. The van der Waals surface area contributed by atoms with Crippen molar-refractivity contribution in [3.8, 4) is 5.75 Å². The first kappa shape index (κ1) is 22.8. The van der Waals surface area contributed by atoms with Crippen molar-refractivity contribution in [2.24, 2.45) is 0 Å². The van der Waals surface area contributed by atoms with Crippen LogP contribution >= 0.6 is 0 Å². The Labute approximate surface area is 166 Å². The molecule has 0 bridgehead atoms. The van der Waals surface area contributed by atoms with Crippen LogP contribution in [0, 0.1) is 6.92 Å². The molecule has 0 radical (unpaired) electrons. The number of carbonyl (C=O) groups excluding carboxylic acids is 1. The molecule has 1 aromatic carbocycles. The Morgan fingerprint density at radius 2 is 1.79 bits per heavy atom. The normalized spacial score (nSPS) is 12.2. The molecule has 1 N–H and O–H groups in total. The lowest BCUT2D eigenvalue weighted by Crippen LogP contribution is -2.43. The fourth-order valence-corrected chi connectivity index (χ4v) is 3.43. The third-order valence-electron chi connectivity index (χ3n) is 3.85. The molecule has 0 spiro atoms. The first-order chi connectivity index (χ1) is 13.4.